The van der Waals surface area contributed by atoms with Gasteiger partial charge in [-0.3, -0.25) is 13.9 Å². The van der Waals surface area contributed by atoms with Gasteiger partial charge >= 0.3 is 0 Å². The first-order valence-corrected chi connectivity index (χ1v) is 15.4. The third kappa shape index (κ3) is 7.01. The van der Waals surface area contributed by atoms with Gasteiger partial charge in [0, 0.05) is 25.0 Å². The molecule has 9 heteroatoms. The summed E-state index contributed by atoms with van der Waals surface area (Å²) in [5.41, 5.74) is 3.47. The number of amides is 2. The SMILES string of the molecule is CNC(=O)C(Cc1ccccc1)N(Cc1ccccc1C)C(=O)CN(c1cccc(Cl)c1C)S(=O)(=O)c1ccccc1. The number of hydrogen-bond acceptors (Lipinski definition) is 4. The van der Waals surface area contributed by atoms with Gasteiger partial charge < -0.3 is 10.2 Å². The van der Waals surface area contributed by atoms with E-state index < -0.39 is 28.5 Å². The quantitative estimate of drug-likeness (QED) is 0.244. The lowest BCUT2D eigenvalue weighted by Crippen LogP contribution is -2.53. The lowest BCUT2D eigenvalue weighted by Gasteiger charge is -2.34. The molecule has 4 aromatic carbocycles. The summed E-state index contributed by atoms with van der Waals surface area (Å²) >= 11 is 6.41. The van der Waals surface area contributed by atoms with E-state index in [1.54, 1.807) is 43.3 Å². The molecule has 0 aliphatic carbocycles. The number of halogens is 1. The maximum atomic E-state index is 14.4. The molecule has 1 atom stereocenters. The highest BCUT2D eigenvalue weighted by Gasteiger charge is 2.35. The van der Waals surface area contributed by atoms with Crippen LogP contribution < -0.4 is 9.62 Å². The fourth-order valence-corrected chi connectivity index (χ4v) is 6.45. The zero-order valence-electron chi connectivity index (χ0n) is 23.8. The molecule has 1 N–H and O–H groups in total. The van der Waals surface area contributed by atoms with E-state index in [1.807, 2.05) is 61.5 Å². The van der Waals surface area contributed by atoms with Crippen LogP contribution in [0, 0.1) is 13.8 Å². The smallest absolute Gasteiger partial charge is 0.264 e. The highest BCUT2D eigenvalue weighted by Crippen LogP contribution is 2.31. The molecule has 2 amide bonds. The second kappa shape index (κ2) is 13.7. The lowest BCUT2D eigenvalue weighted by molar-refractivity contribution is -0.139. The van der Waals surface area contributed by atoms with E-state index in [1.165, 1.54) is 24.1 Å². The van der Waals surface area contributed by atoms with Crippen LogP contribution in [0.4, 0.5) is 5.69 Å². The van der Waals surface area contributed by atoms with Gasteiger partial charge in [-0.15, -0.1) is 0 Å². The molecule has 0 saturated carbocycles. The first-order chi connectivity index (χ1) is 20.1. The van der Waals surface area contributed by atoms with Crippen LogP contribution in [0.2, 0.25) is 5.02 Å². The number of rotatable bonds is 11. The summed E-state index contributed by atoms with van der Waals surface area (Å²) in [6.45, 7) is 3.23. The number of nitrogens with one attached hydrogen (secondary N) is 1. The number of carbonyl (C=O) groups is 2. The van der Waals surface area contributed by atoms with Crippen LogP contribution in [0.25, 0.3) is 0 Å². The number of carbonyl (C=O) groups excluding carboxylic acids is 2. The Morgan fingerprint density at radius 1 is 0.833 bits per heavy atom. The van der Waals surface area contributed by atoms with E-state index in [9.17, 15) is 18.0 Å². The fraction of sp³-hybridized carbons (Fsp3) is 0.212. The number of aryl methyl sites for hydroxylation is 1. The number of hydrogen-bond donors (Lipinski definition) is 1. The molecule has 0 heterocycles. The Morgan fingerprint density at radius 3 is 2.10 bits per heavy atom. The average molecular weight is 604 g/mol. The van der Waals surface area contributed by atoms with E-state index in [0.29, 0.717) is 10.6 Å². The first kappa shape index (κ1) is 30.8. The van der Waals surface area contributed by atoms with Crippen molar-refractivity contribution in [2.24, 2.45) is 0 Å². The van der Waals surface area contributed by atoms with Crippen LogP contribution in [0.1, 0.15) is 22.3 Å². The van der Waals surface area contributed by atoms with Gasteiger partial charge in [0.2, 0.25) is 11.8 Å². The second-order valence-corrected chi connectivity index (χ2v) is 12.2. The van der Waals surface area contributed by atoms with Crippen molar-refractivity contribution >= 4 is 39.1 Å². The van der Waals surface area contributed by atoms with Crippen LogP contribution in [-0.2, 0) is 32.6 Å². The van der Waals surface area contributed by atoms with Crippen LogP contribution >= 0.6 is 11.6 Å². The molecule has 0 saturated heterocycles. The van der Waals surface area contributed by atoms with Crippen LogP contribution in [0.15, 0.2) is 108 Å². The topological polar surface area (TPSA) is 86.8 Å². The highest BCUT2D eigenvalue weighted by atomic mass is 35.5. The Bertz CT molecular complexity index is 1650. The third-order valence-corrected chi connectivity index (χ3v) is 9.42. The molecule has 4 rings (SSSR count). The molecule has 218 valence electrons. The fourth-order valence-electron chi connectivity index (χ4n) is 4.79. The van der Waals surface area contributed by atoms with E-state index >= 15 is 0 Å². The van der Waals surface area contributed by atoms with E-state index in [0.717, 1.165) is 21.0 Å². The van der Waals surface area contributed by atoms with Gasteiger partial charge in [0.25, 0.3) is 10.0 Å². The van der Waals surface area contributed by atoms with Crippen molar-refractivity contribution in [1.82, 2.24) is 10.2 Å². The normalized spacial score (nSPS) is 11.9. The predicted molar refractivity (Wildman–Crippen MR) is 167 cm³/mol. The Balaban J connectivity index is 1.82. The van der Waals surface area contributed by atoms with Crippen molar-refractivity contribution < 1.29 is 18.0 Å². The monoisotopic (exact) mass is 603 g/mol. The van der Waals surface area contributed by atoms with Crippen molar-refractivity contribution in [3.8, 4) is 0 Å². The largest absolute Gasteiger partial charge is 0.357 e. The third-order valence-electron chi connectivity index (χ3n) is 7.24. The zero-order valence-corrected chi connectivity index (χ0v) is 25.4. The summed E-state index contributed by atoms with van der Waals surface area (Å²) in [5.74, 6) is -0.876. The minimum atomic E-state index is -4.19. The van der Waals surface area contributed by atoms with Gasteiger partial charge in [-0.25, -0.2) is 8.42 Å². The van der Waals surface area contributed by atoms with Crippen LogP contribution in [-0.4, -0.2) is 44.8 Å². The van der Waals surface area contributed by atoms with Crippen molar-refractivity contribution in [2.45, 2.75) is 37.8 Å². The molecule has 0 fully saturated rings. The Kier molecular flexibility index (Phi) is 10.0. The Labute approximate surface area is 252 Å². The van der Waals surface area contributed by atoms with Gasteiger partial charge in [0.15, 0.2) is 0 Å². The number of nitrogens with zero attached hydrogens (tertiary/aromatic N) is 2. The highest BCUT2D eigenvalue weighted by molar-refractivity contribution is 7.92. The summed E-state index contributed by atoms with van der Waals surface area (Å²) < 4.78 is 29.2. The summed E-state index contributed by atoms with van der Waals surface area (Å²) in [5, 5.41) is 3.07. The number of anilines is 1. The molecule has 0 bridgehead atoms. The van der Waals surface area contributed by atoms with Crippen molar-refractivity contribution in [3.63, 3.8) is 0 Å². The van der Waals surface area contributed by atoms with E-state index in [4.69, 9.17) is 11.6 Å². The molecule has 0 aliphatic rings. The summed E-state index contributed by atoms with van der Waals surface area (Å²) in [4.78, 5) is 29.2. The van der Waals surface area contributed by atoms with Gasteiger partial charge in [-0.2, -0.15) is 0 Å². The van der Waals surface area contributed by atoms with Gasteiger partial charge in [-0.05, 0) is 60.4 Å². The van der Waals surface area contributed by atoms with Gasteiger partial charge in [0.05, 0.1) is 10.6 Å². The Morgan fingerprint density at radius 2 is 1.45 bits per heavy atom. The maximum Gasteiger partial charge on any atom is 0.264 e. The first-order valence-electron chi connectivity index (χ1n) is 13.6. The maximum absolute atomic E-state index is 14.4. The van der Waals surface area contributed by atoms with Crippen molar-refractivity contribution in [1.29, 1.82) is 0 Å². The van der Waals surface area contributed by atoms with E-state index in [-0.39, 0.29) is 29.5 Å². The molecule has 1 unspecified atom stereocenters. The molecule has 4 aromatic rings. The van der Waals surface area contributed by atoms with Gasteiger partial charge in [-0.1, -0.05) is 90.5 Å². The average Bonchev–Trinajstić information content (AvgIpc) is 3.00. The lowest BCUT2D eigenvalue weighted by atomic mass is 10.0. The van der Waals surface area contributed by atoms with E-state index in [2.05, 4.69) is 5.32 Å². The number of benzene rings is 4. The second-order valence-electron chi connectivity index (χ2n) is 9.98. The molecule has 0 radical (unpaired) electrons. The molecule has 42 heavy (non-hydrogen) atoms. The van der Waals surface area contributed by atoms with Crippen molar-refractivity contribution in [2.75, 3.05) is 17.9 Å². The summed E-state index contributed by atoms with van der Waals surface area (Å²) in [6, 6.07) is 29.0. The molecular weight excluding hydrogens is 570 g/mol. The minimum Gasteiger partial charge on any atom is -0.357 e. The number of likely N-dealkylation sites (N-methyl/N-ethyl adjacent to an activating group) is 1. The summed E-state index contributed by atoms with van der Waals surface area (Å²) in [7, 11) is -2.66. The minimum absolute atomic E-state index is 0.0368. The van der Waals surface area contributed by atoms with Crippen LogP contribution in [0.5, 0.6) is 0 Å². The van der Waals surface area contributed by atoms with Gasteiger partial charge in [0.1, 0.15) is 12.6 Å². The standard InChI is InChI=1S/C33H34ClN3O4S/c1-24-13-10-11-16-27(24)22-36(31(33(39)35-3)21-26-14-6-4-7-15-26)32(38)23-37(30-20-12-19-29(34)25(30)2)42(40,41)28-17-8-5-9-18-28/h4-20,31H,21-23H2,1-3H3,(H,35,39). The van der Waals surface area contributed by atoms with Crippen molar-refractivity contribution in [3.05, 3.63) is 130 Å². The zero-order chi connectivity index (χ0) is 30.3. The number of sulfonamides is 1. The Hall–Kier alpha value is -4.14. The molecule has 7 nitrogen and oxygen atoms in total. The van der Waals surface area contributed by atoms with Crippen LogP contribution in [0.3, 0.4) is 0 Å². The molecule has 0 aromatic heterocycles. The molecular formula is C33H34ClN3O4S. The predicted octanol–water partition coefficient (Wildman–Crippen LogP) is 5.54. The summed E-state index contributed by atoms with van der Waals surface area (Å²) in [6.07, 6.45) is 0.250. The molecule has 0 aliphatic heterocycles. The molecule has 0 spiro atoms.